The number of carbonyl (C=O) groups excluding carboxylic acids is 2. The van der Waals surface area contributed by atoms with Crippen molar-refractivity contribution >= 4 is 56.6 Å². The van der Waals surface area contributed by atoms with Crippen LogP contribution in [0.25, 0.3) is 11.1 Å². The zero-order chi connectivity index (χ0) is 20.1. The first-order valence-corrected chi connectivity index (χ1v) is 9.41. The van der Waals surface area contributed by atoms with Gasteiger partial charge in [0.05, 0.1) is 28.6 Å². The number of pyridine rings is 1. The van der Waals surface area contributed by atoms with Crippen molar-refractivity contribution < 1.29 is 14.3 Å². The van der Waals surface area contributed by atoms with Gasteiger partial charge in [0.1, 0.15) is 5.69 Å². The molecule has 0 radical (unpaired) electrons. The number of hydrogen-bond donors (Lipinski definition) is 1. The molecule has 8 nitrogen and oxygen atoms in total. The number of hydrogen-bond acceptors (Lipinski definition) is 5. The number of primary amides is 1. The first-order chi connectivity index (χ1) is 12.7. The number of nitrogens with two attached hydrogens (primary N) is 1. The van der Waals surface area contributed by atoms with E-state index >= 15 is 0 Å². The van der Waals surface area contributed by atoms with Gasteiger partial charge in [0, 0.05) is 30.3 Å². The van der Waals surface area contributed by atoms with Crippen LogP contribution < -0.4 is 10.5 Å². The Balaban J connectivity index is 2.62. The van der Waals surface area contributed by atoms with Gasteiger partial charge in [0.2, 0.25) is 0 Å². The Bertz CT molecular complexity index is 887. The standard InChI is InChI=1S/C17H17BrIN5O3/c1-10(22-24(19)16(20)25)14-15(27-17(26)23(2)3)13(8-9-21-14)11-4-6-12(18)7-5-11/h4-9H,1-3H3,(H2,20,25). The number of ether oxygens (including phenoxy) is 1. The normalized spacial score (nSPS) is 11.1. The summed E-state index contributed by atoms with van der Waals surface area (Å²) in [6, 6.07) is 8.55. The zero-order valence-corrected chi connectivity index (χ0v) is 18.6. The third-order valence-electron chi connectivity index (χ3n) is 3.38. The molecule has 1 aromatic heterocycles. The molecule has 0 saturated heterocycles. The van der Waals surface area contributed by atoms with Crippen LogP contribution in [0.4, 0.5) is 9.59 Å². The van der Waals surface area contributed by atoms with Crippen LogP contribution >= 0.6 is 38.8 Å². The topological polar surface area (TPSA) is 101 Å². The van der Waals surface area contributed by atoms with Crippen molar-refractivity contribution in [3.63, 3.8) is 0 Å². The fraction of sp³-hybridized carbons (Fsp3) is 0.176. The lowest BCUT2D eigenvalue weighted by atomic mass is 10.0. The van der Waals surface area contributed by atoms with Crippen molar-refractivity contribution in [2.75, 3.05) is 14.1 Å². The van der Waals surface area contributed by atoms with Gasteiger partial charge in [0.15, 0.2) is 5.75 Å². The van der Waals surface area contributed by atoms with Crippen molar-refractivity contribution in [3.05, 3.63) is 46.7 Å². The Hall–Kier alpha value is -2.21. The van der Waals surface area contributed by atoms with Crippen LogP contribution in [0, 0.1) is 0 Å². The summed E-state index contributed by atoms with van der Waals surface area (Å²) in [5.41, 5.74) is 7.40. The van der Waals surface area contributed by atoms with E-state index in [9.17, 15) is 9.59 Å². The number of aromatic nitrogens is 1. The number of benzene rings is 1. The molecule has 0 aliphatic carbocycles. The van der Waals surface area contributed by atoms with Crippen LogP contribution in [0.5, 0.6) is 5.75 Å². The molecule has 1 heterocycles. The van der Waals surface area contributed by atoms with Gasteiger partial charge in [-0.25, -0.2) is 9.59 Å². The van der Waals surface area contributed by atoms with E-state index in [4.69, 9.17) is 10.5 Å². The van der Waals surface area contributed by atoms with E-state index < -0.39 is 12.1 Å². The van der Waals surface area contributed by atoms with Gasteiger partial charge >= 0.3 is 12.1 Å². The minimum Gasteiger partial charge on any atom is -0.407 e. The summed E-state index contributed by atoms with van der Waals surface area (Å²) in [4.78, 5) is 29.1. The Kier molecular flexibility index (Phi) is 7.13. The van der Waals surface area contributed by atoms with Gasteiger partial charge in [-0.05, 0) is 30.7 Å². The van der Waals surface area contributed by atoms with Crippen molar-refractivity contribution in [2.24, 2.45) is 10.8 Å². The molecule has 2 N–H and O–H groups in total. The van der Waals surface area contributed by atoms with E-state index in [1.807, 2.05) is 24.3 Å². The predicted molar refractivity (Wildman–Crippen MR) is 115 cm³/mol. The average molecular weight is 546 g/mol. The number of nitrogens with zero attached hydrogens (tertiary/aromatic N) is 4. The minimum absolute atomic E-state index is 0.244. The van der Waals surface area contributed by atoms with E-state index in [2.05, 4.69) is 26.0 Å². The maximum absolute atomic E-state index is 12.2. The quantitative estimate of drug-likeness (QED) is 0.271. The third-order valence-corrected chi connectivity index (χ3v) is 4.60. The number of hydrazone groups is 1. The van der Waals surface area contributed by atoms with Gasteiger partial charge in [-0.15, -0.1) is 0 Å². The van der Waals surface area contributed by atoms with Crippen molar-refractivity contribution in [1.82, 2.24) is 13.1 Å². The predicted octanol–water partition coefficient (Wildman–Crippen LogP) is 4.03. The number of halogens is 2. The fourth-order valence-corrected chi connectivity index (χ4v) is 2.66. The molecule has 0 aliphatic heterocycles. The molecule has 0 spiro atoms. The highest BCUT2D eigenvalue weighted by Gasteiger charge is 2.20. The summed E-state index contributed by atoms with van der Waals surface area (Å²) < 4.78 is 7.46. The van der Waals surface area contributed by atoms with Crippen LogP contribution in [-0.2, 0) is 0 Å². The van der Waals surface area contributed by atoms with Gasteiger partial charge in [0.25, 0.3) is 0 Å². The fourth-order valence-electron chi connectivity index (χ4n) is 2.07. The van der Waals surface area contributed by atoms with E-state index in [0.29, 0.717) is 17.0 Å². The summed E-state index contributed by atoms with van der Waals surface area (Å²) in [6.45, 7) is 1.65. The van der Waals surface area contributed by atoms with E-state index in [-0.39, 0.29) is 5.75 Å². The lowest BCUT2D eigenvalue weighted by molar-refractivity contribution is 0.172. The average Bonchev–Trinajstić information content (AvgIpc) is 2.62. The summed E-state index contributed by atoms with van der Waals surface area (Å²) in [7, 11) is 3.16. The lowest BCUT2D eigenvalue weighted by Gasteiger charge is -2.17. The molecular weight excluding hydrogens is 529 g/mol. The maximum atomic E-state index is 12.2. The second-order valence-electron chi connectivity index (χ2n) is 5.59. The molecule has 142 valence electrons. The molecule has 1 aromatic carbocycles. The summed E-state index contributed by atoms with van der Waals surface area (Å²) in [5, 5.41) is 4.10. The SMILES string of the molecule is CC(=NN(I)C(N)=O)c1nccc(-c2ccc(Br)cc2)c1OC(=O)N(C)C. The van der Waals surface area contributed by atoms with Crippen molar-refractivity contribution in [2.45, 2.75) is 6.92 Å². The molecule has 10 heteroatoms. The van der Waals surface area contributed by atoms with E-state index in [1.54, 1.807) is 56.1 Å². The highest BCUT2D eigenvalue weighted by atomic mass is 127. The van der Waals surface area contributed by atoms with Crippen LogP contribution in [0.15, 0.2) is 46.1 Å². The maximum Gasteiger partial charge on any atom is 0.414 e. The third kappa shape index (κ3) is 5.39. The zero-order valence-electron chi connectivity index (χ0n) is 14.8. The number of rotatable bonds is 4. The molecule has 27 heavy (non-hydrogen) atoms. The summed E-state index contributed by atoms with van der Waals surface area (Å²) in [6.07, 6.45) is 1.03. The van der Waals surface area contributed by atoms with Gasteiger partial charge in [-0.1, -0.05) is 28.1 Å². The molecule has 0 bridgehead atoms. The first-order valence-electron chi connectivity index (χ1n) is 7.65. The molecule has 0 saturated carbocycles. The largest absolute Gasteiger partial charge is 0.414 e. The van der Waals surface area contributed by atoms with Crippen molar-refractivity contribution in [1.29, 1.82) is 0 Å². The molecule has 0 unspecified atom stereocenters. The Labute approximate surface area is 179 Å². The summed E-state index contributed by atoms with van der Waals surface area (Å²) >= 11 is 5.07. The second kappa shape index (κ2) is 9.13. The molecule has 2 rings (SSSR count). The van der Waals surface area contributed by atoms with Crippen LogP contribution in [-0.4, -0.2) is 45.0 Å². The van der Waals surface area contributed by atoms with Gasteiger partial charge in [-0.3, -0.25) is 4.98 Å². The monoisotopic (exact) mass is 545 g/mol. The molecule has 2 aromatic rings. The first kappa shape index (κ1) is 21.1. The Morgan fingerprint density at radius 1 is 1.22 bits per heavy atom. The smallest absolute Gasteiger partial charge is 0.407 e. The molecule has 0 aliphatic rings. The van der Waals surface area contributed by atoms with Crippen molar-refractivity contribution in [3.8, 4) is 16.9 Å². The highest BCUT2D eigenvalue weighted by molar-refractivity contribution is 14.1. The second-order valence-corrected chi connectivity index (χ2v) is 7.42. The Morgan fingerprint density at radius 3 is 2.41 bits per heavy atom. The van der Waals surface area contributed by atoms with E-state index in [1.165, 1.54) is 4.90 Å². The van der Waals surface area contributed by atoms with Gasteiger partial charge < -0.3 is 15.4 Å². The number of carbonyl (C=O) groups is 2. The Morgan fingerprint density at radius 2 is 1.85 bits per heavy atom. The van der Waals surface area contributed by atoms with Crippen LogP contribution in [0.1, 0.15) is 12.6 Å². The minimum atomic E-state index is -0.731. The molecule has 0 atom stereocenters. The molecule has 0 fully saturated rings. The highest BCUT2D eigenvalue weighted by Crippen LogP contribution is 2.33. The number of urea groups is 1. The van der Waals surface area contributed by atoms with Gasteiger partial charge in [-0.2, -0.15) is 8.32 Å². The lowest BCUT2D eigenvalue weighted by Crippen LogP contribution is -2.27. The number of amides is 3. The molecular formula is C17H17BrIN5O3. The van der Waals surface area contributed by atoms with Crippen LogP contribution in [0.3, 0.4) is 0 Å². The molecule has 3 amide bonds. The van der Waals surface area contributed by atoms with E-state index in [0.717, 1.165) is 13.3 Å². The summed E-state index contributed by atoms with van der Waals surface area (Å²) in [5.74, 6) is 0.244. The van der Waals surface area contributed by atoms with Crippen LogP contribution in [0.2, 0.25) is 0 Å².